The summed E-state index contributed by atoms with van der Waals surface area (Å²) in [6.45, 7) is 2.00. The second-order valence-corrected chi connectivity index (χ2v) is 6.99. The molecular weight excluding hydrogens is 389 g/mol. The number of benzene rings is 2. The molecule has 29 heavy (non-hydrogen) atoms. The molecular formula is C19H17F3N4O3. The van der Waals surface area contributed by atoms with Crippen LogP contribution in [0.1, 0.15) is 11.1 Å². The first-order valence-corrected chi connectivity index (χ1v) is 8.88. The average Bonchev–Trinajstić information content (AvgIpc) is 2.67. The molecule has 1 fully saturated rings. The first kappa shape index (κ1) is 19.4. The molecule has 10 heteroatoms. The molecule has 0 bridgehead atoms. The highest BCUT2D eigenvalue weighted by Crippen LogP contribution is 2.50. The van der Waals surface area contributed by atoms with E-state index >= 15 is 0 Å². The maximum absolute atomic E-state index is 13.2. The fraction of sp³-hybridized carbons (Fsp3) is 0.368. The summed E-state index contributed by atoms with van der Waals surface area (Å²) < 4.78 is 50.9. The number of halogens is 3. The van der Waals surface area contributed by atoms with Crippen LogP contribution in [0.3, 0.4) is 0 Å². The van der Waals surface area contributed by atoms with Crippen LogP contribution in [-0.2, 0) is 10.9 Å². The molecule has 0 saturated carbocycles. The summed E-state index contributed by atoms with van der Waals surface area (Å²) >= 11 is 0. The van der Waals surface area contributed by atoms with Crippen molar-refractivity contribution < 1.29 is 27.8 Å². The number of anilines is 2. The number of aliphatic hydroxyl groups is 1. The van der Waals surface area contributed by atoms with Crippen molar-refractivity contribution in [3.8, 4) is 11.5 Å². The minimum atomic E-state index is -4.52. The third-order valence-electron chi connectivity index (χ3n) is 5.04. The van der Waals surface area contributed by atoms with Crippen molar-refractivity contribution in [1.29, 1.82) is 0 Å². The molecule has 1 saturated heterocycles. The Morgan fingerprint density at radius 1 is 1.14 bits per heavy atom. The fourth-order valence-corrected chi connectivity index (χ4v) is 3.64. The third kappa shape index (κ3) is 3.46. The van der Waals surface area contributed by atoms with Crippen molar-refractivity contribution in [2.75, 3.05) is 18.1 Å². The summed E-state index contributed by atoms with van der Waals surface area (Å²) in [5.74, 6) is 0.394. The molecule has 1 N–H and O–H groups in total. The van der Waals surface area contributed by atoms with Crippen molar-refractivity contribution >= 4 is 11.4 Å². The van der Waals surface area contributed by atoms with Crippen LogP contribution in [0.4, 0.5) is 24.5 Å². The minimum Gasteiger partial charge on any atom is -0.453 e. The van der Waals surface area contributed by atoms with Crippen LogP contribution in [0.2, 0.25) is 0 Å². The van der Waals surface area contributed by atoms with E-state index < -0.39 is 29.9 Å². The van der Waals surface area contributed by atoms with Crippen LogP contribution >= 0.6 is 0 Å². The summed E-state index contributed by atoms with van der Waals surface area (Å²) in [7, 11) is 0. The molecule has 152 valence electrons. The van der Waals surface area contributed by atoms with Gasteiger partial charge in [0.1, 0.15) is 0 Å². The molecule has 2 aliphatic heterocycles. The van der Waals surface area contributed by atoms with E-state index in [-0.39, 0.29) is 19.0 Å². The molecule has 4 rings (SSSR count). The number of hydrogen-bond donors (Lipinski definition) is 1. The van der Waals surface area contributed by atoms with Gasteiger partial charge in [0.2, 0.25) is 0 Å². The number of aryl methyl sites for hydroxylation is 1. The van der Waals surface area contributed by atoms with Gasteiger partial charge in [-0.05, 0) is 48.4 Å². The van der Waals surface area contributed by atoms with Gasteiger partial charge in [-0.15, -0.1) is 0 Å². The van der Waals surface area contributed by atoms with Gasteiger partial charge in [-0.25, -0.2) is 0 Å². The molecule has 0 unspecified atom stereocenters. The molecule has 2 aromatic rings. The van der Waals surface area contributed by atoms with Crippen LogP contribution in [0.25, 0.3) is 10.4 Å². The smallest absolute Gasteiger partial charge is 0.416 e. The summed E-state index contributed by atoms with van der Waals surface area (Å²) in [5.41, 5.74) is 9.72. The number of azide groups is 1. The predicted molar refractivity (Wildman–Crippen MR) is 98.4 cm³/mol. The molecule has 7 nitrogen and oxygen atoms in total. The van der Waals surface area contributed by atoms with Gasteiger partial charge in [0, 0.05) is 4.91 Å². The van der Waals surface area contributed by atoms with Gasteiger partial charge in [-0.3, -0.25) is 0 Å². The van der Waals surface area contributed by atoms with Gasteiger partial charge in [0.25, 0.3) is 0 Å². The highest BCUT2D eigenvalue weighted by Gasteiger charge is 2.41. The minimum absolute atomic E-state index is 0.0241. The second kappa shape index (κ2) is 7.14. The van der Waals surface area contributed by atoms with E-state index in [1.165, 1.54) is 6.07 Å². The van der Waals surface area contributed by atoms with Crippen LogP contribution in [-0.4, -0.2) is 36.5 Å². The van der Waals surface area contributed by atoms with E-state index in [0.29, 0.717) is 17.1 Å². The molecule has 0 spiro atoms. The van der Waals surface area contributed by atoms with Crippen LogP contribution in [0, 0.1) is 6.92 Å². The Bertz CT molecular complexity index is 991. The summed E-state index contributed by atoms with van der Waals surface area (Å²) in [4.78, 5) is 4.44. The average molecular weight is 406 g/mol. The topological polar surface area (TPSA) is 90.7 Å². The molecule has 0 aromatic heterocycles. The van der Waals surface area contributed by atoms with Crippen molar-refractivity contribution in [2.24, 2.45) is 5.11 Å². The number of fused-ring (bicyclic) bond motifs is 2. The standard InChI is InChI=1S/C19H17F3N4O3/c1-10-2-4-13-16(6-10)29-17-7-11(19(20,21)22)3-5-14(17)26(13)15-9-28-8-12(18(15)27)24-25-23/h2-7,12,15,18,27H,8-9H2,1H3/t12-,15+,18+/m1/s1. The van der Waals surface area contributed by atoms with Gasteiger partial charge in [-0.2, -0.15) is 13.2 Å². The van der Waals surface area contributed by atoms with Crippen LogP contribution in [0.15, 0.2) is 41.5 Å². The number of rotatable bonds is 2. The Hall–Kier alpha value is -2.94. The number of ether oxygens (including phenoxy) is 2. The molecule has 3 atom stereocenters. The van der Waals surface area contributed by atoms with Gasteiger partial charge in [0.05, 0.1) is 48.3 Å². The van der Waals surface area contributed by atoms with E-state index in [0.717, 1.165) is 17.7 Å². The molecule has 2 aromatic carbocycles. The number of hydrogen-bond acceptors (Lipinski definition) is 5. The zero-order valence-corrected chi connectivity index (χ0v) is 15.3. The lowest BCUT2D eigenvalue weighted by Gasteiger charge is -2.43. The van der Waals surface area contributed by atoms with E-state index in [2.05, 4.69) is 10.0 Å². The predicted octanol–water partition coefficient (Wildman–Crippen LogP) is 4.70. The van der Waals surface area contributed by atoms with E-state index in [1.54, 1.807) is 17.0 Å². The van der Waals surface area contributed by atoms with E-state index in [4.69, 9.17) is 15.0 Å². The normalized spacial score (nSPS) is 23.5. The van der Waals surface area contributed by atoms with Gasteiger partial charge >= 0.3 is 6.18 Å². The Morgan fingerprint density at radius 3 is 2.52 bits per heavy atom. The zero-order valence-electron chi connectivity index (χ0n) is 15.3. The maximum atomic E-state index is 13.2. The number of nitrogens with zero attached hydrogens (tertiary/aromatic N) is 4. The van der Waals surface area contributed by atoms with Crippen molar-refractivity contribution in [3.05, 3.63) is 58.0 Å². The number of aliphatic hydroxyl groups excluding tert-OH is 1. The third-order valence-corrected chi connectivity index (χ3v) is 5.04. The first-order chi connectivity index (χ1) is 13.8. The Balaban J connectivity index is 1.84. The first-order valence-electron chi connectivity index (χ1n) is 8.88. The van der Waals surface area contributed by atoms with Gasteiger partial charge in [0.15, 0.2) is 11.5 Å². The van der Waals surface area contributed by atoms with E-state index in [1.807, 2.05) is 13.0 Å². The summed E-state index contributed by atoms with van der Waals surface area (Å²) in [5, 5.41) is 14.4. The maximum Gasteiger partial charge on any atom is 0.416 e. The van der Waals surface area contributed by atoms with Crippen LogP contribution < -0.4 is 9.64 Å². The lowest BCUT2D eigenvalue weighted by Crippen LogP contribution is -2.54. The molecule has 2 heterocycles. The molecule has 0 aliphatic carbocycles. The molecule has 0 amide bonds. The SMILES string of the molecule is Cc1ccc2c(c1)Oc1cc(C(F)(F)F)ccc1N2[C@H]1COC[C@@H](N=[N+]=[N-])[C@@H]1O. The second-order valence-electron chi connectivity index (χ2n) is 6.99. The van der Waals surface area contributed by atoms with Crippen molar-refractivity contribution in [1.82, 2.24) is 0 Å². The Morgan fingerprint density at radius 2 is 1.83 bits per heavy atom. The highest BCUT2D eigenvalue weighted by atomic mass is 19.4. The molecule has 2 aliphatic rings. The monoisotopic (exact) mass is 406 g/mol. The molecule has 0 radical (unpaired) electrons. The Kier molecular flexibility index (Phi) is 4.77. The van der Waals surface area contributed by atoms with Crippen molar-refractivity contribution in [2.45, 2.75) is 31.3 Å². The number of alkyl halides is 3. The van der Waals surface area contributed by atoms with Gasteiger partial charge in [-0.1, -0.05) is 11.2 Å². The highest BCUT2D eigenvalue weighted by molar-refractivity contribution is 5.79. The lowest BCUT2D eigenvalue weighted by molar-refractivity contribution is -0.137. The zero-order chi connectivity index (χ0) is 20.8. The fourth-order valence-electron chi connectivity index (χ4n) is 3.64. The van der Waals surface area contributed by atoms with E-state index in [9.17, 15) is 18.3 Å². The van der Waals surface area contributed by atoms with Crippen molar-refractivity contribution in [3.63, 3.8) is 0 Å². The van der Waals surface area contributed by atoms with Crippen LogP contribution in [0.5, 0.6) is 11.5 Å². The summed E-state index contributed by atoms with van der Waals surface area (Å²) in [6, 6.07) is 7.05. The Labute approximate surface area is 163 Å². The largest absolute Gasteiger partial charge is 0.453 e. The quantitative estimate of drug-likeness (QED) is 0.445. The lowest BCUT2D eigenvalue weighted by atomic mass is 9.97. The summed E-state index contributed by atoms with van der Waals surface area (Å²) in [6.07, 6.45) is -5.60. The van der Waals surface area contributed by atoms with Gasteiger partial charge < -0.3 is 19.5 Å².